The summed E-state index contributed by atoms with van der Waals surface area (Å²) < 4.78 is 27.0. The number of carboxylic acids is 2. The number of tetrazole rings is 1. The van der Waals surface area contributed by atoms with Crippen molar-refractivity contribution in [3.05, 3.63) is 41.4 Å². The topological polar surface area (TPSA) is 217 Å². The average molecular weight is 550 g/mol. The fourth-order valence-electron chi connectivity index (χ4n) is 3.67. The van der Waals surface area contributed by atoms with E-state index < -0.39 is 43.0 Å². The first-order valence-corrected chi connectivity index (χ1v) is 11.3. The summed E-state index contributed by atoms with van der Waals surface area (Å²) in [4.78, 5) is 36.0. The molecule has 0 bridgehead atoms. The van der Waals surface area contributed by atoms with Gasteiger partial charge in [-0.05, 0) is 22.4 Å². The molecule has 0 spiro atoms. The first-order chi connectivity index (χ1) is 18.1. The van der Waals surface area contributed by atoms with Crippen LogP contribution in [0.5, 0.6) is 0 Å². The van der Waals surface area contributed by atoms with Gasteiger partial charge in [0.2, 0.25) is 11.1 Å². The molecule has 2 unspecified atom stereocenters. The lowest BCUT2D eigenvalue weighted by Gasteiger charge is -2.28. The maximum Gasteiger partial charge on any atom is 0.348 e. The molecule has 0 amide bonds. The number of H-pyrrole nitrogens is 1. The molecule has 2 atom stereocenters. The number of anilines is 1. The van der Waals surface area contributed by atoms with Crippen LogP contribution in [-0.4, -0.2) is 87.7 Å². The number of halogens is 2. The molecule has 38 heavy (non-hydrogen) atoms. The Morgan fingerprint density at radius 3 is 2.55 bits per heavy atom. The Kier molecular flexibility index (Phi) is 7.75. The Hall–Kier alpha value is -4.28. The van der Waals surface area contributed by atoms with E-state index in [1.54, 1.807) is 12.1 Å². The maximum absolute atomic E-state index is 15.2. The van der Waals surface area contributed by atoms with Crippen molar-refractivity contribution < 1.29 is 33.7 Å². The molecule has 15 nitrogen and oxygen atoms in total. The van der Waals surface area contributed by atoms with Gasteiger partial charge in [0.15, 0.2) is 17.8 Å². The number of rotatable bonds is 12. The summed E-state index contributed by atoms with van der Waals surface area (Å²) >= 11 is 5.82. The van der Waals surface area contributed by atoms with Crippen molar-refractivity contribution in [1.29, 1.82) is 0 Å². The number of nitrogens with two attached hydrogens (primary N) is 1. The molecule has 3 heterocycles. The summed E-state index contributed by atoms with van der Waals surface area (Å²) in [6.45, 7) is -0.555. The number of nitrogen functional groups attached to an aromatic ring is 1. The highest BCUT2D eigenvalue weighted by atomic mass is 35.5. The van der Waals surface area contributed by atoms with Gasteiger partial charge in [-0.1, -0.05) is 24.3 Å². The number of aliphatic carboxylic acids is 2. The summed E-state index contributed by atoms with van der Waals surface area (Å²) in [5.74, 6) is -3.19. The third kappa shape index (κ3) is 5.36. The van der Waals surface area contributed by atoms with E-state index >= 15 is 4.39 Å². The van der Waals surface area contributed by atoms with Crippen LogP contribution in [0.3, 0.4) is 0 Å². The summed E-state index contributed by atoms with van der Waals surface area (Å²) in [7, 11) is 1.25. The molecule has 0 radical (unpaired) electrons. The summed E-state index contributed by atoms with van der Waals surface area (Å²) in [5.41, 5.74) is 4.18. The lowest BCUT2D eigenvalue weighted by Crippen LogP contribution is -2.52. The smallest absolute Gasteiger partial charge is 0.348 e. The third-order valence-corrected chi connectivity index (χ3v) is 5.90. The predicted octanol–water partition coefficient (Wildman–Crippen LogP) is 1.28. The number of methoxy groups -OCH3 is 1. The molecule has 17 heteroatoms. The van der Waals surface area contributed by atoms with Crippen molar-refractivity contribution in [2.45, 2.75) is 30.8 Å². The molecule has 200 valence electrons. The van der Waals surface area contributed by atoms with Crippen LogP contribution in [0.4, 0.5) is 10.2 Å². The highest BCUT2D eigenvalue weighted by Gasteiger charge is 2.49. The number of carboxylic acid groups (broad SMARTS) is 2. The van der Waals surface area contributed by atoms with E-state index in [-0.39, 0.29) is 28.7 Å². The van der Waals surface area contributed by atoms with Crippen LogP contribution in [0.25, 0.3) is 22.6 Å². The van der Waals surface area contributed by atoms with Crippen molar-refractivity contribution in [2.24, 2.45) is 0 Å². The summed E-state index contributed by atoms with van der Waals surface area (Å²) in [6, 6.07) is 6.20. The van der Waals surface area contributed by atoms with E-state index in [0.29, 0.717) is 17.0 Å². The highest BCUT2D eigenvalue weighted by molar-refractivity contribution is 6.28. The molecular weight excluding hydrogens is 529 g/mol. The second-order valence-corrected chi connectivity index (χ2v) is 8.43. The fourth-order valence-corrected chi connectivity index (χ4v) is 3.85. The Balaban J connectivity index is 1.49. The van der Waals surface area contributed by atoms with Crippen LogP contribution < -0.4 is 5.73 Å². The van der Waals surface area contributed by atoms with Gasteiger partial charge in [-0.3, -0.25) is 4.57 Å². The number of hydrogen-bond acceptors (Lipinski definition) is 11. The minimum absolute atomic E-state index is 0.0319. The monoisotopic (exact) mass is 549 g/mol. The first kappa shape index (κ1) is 26.8. The van der Waals surface area contributed by atoms with Crippen molar-refractivity contribution in [2.75, 3.05) is 19.5 Å². The van der Waals surface area contributed by atoms with Crippen molar-refractivity contribution in [3.8, 4) is 11.4 Å². The number of nitrogens with one attached hydrogen (secondary N) is 1. The minimum Gasteiger partial charge on any atom is -0.479 e. The zero-order chi connectivity index (χ0) is 27.4. The van der Waals surface area contributed by atoms with E-state index in [1.807, 2.05) is 0 Å². The van der Waals surface area contributed by atoms with E-state index in [4.69, 9.17) is 26.8 Å². The van der Waals surface area contributed by atoms with Crippen LogP contribution in [0.15, 0.2) is 30.6 Å². The molecule has 5 N–H and O–H groups in total. The fraction of sp³-hybridized carbons (Fsp3) is 0.333. The van der Waals surface area contributed by atoms with Crippen molar-refractivity contribution in [3.63, 3.8) is 0 Å². The van der Waals surface area contributed by atoms with E-state index in [1.165, 1.54) is 19.2 Å². The average Bonchev–Trinajstić information content (AvgIpc) is 3.56. The molecule has 4 rings (SSSR count). The number of benzene rings is 1. The van der Waals surface area contributed by atoms with Gasteiger partial charge >= 0.3 is 11.9 Å². The lowest BCUT2D eigenvalue weighted by atomic mass is 9.93. The number of hydrogen-bond donors (Lipinski definition) is 4. The number of aromatic nitrogens is 8. The molecule has 4 aromatic rings. The van der Waals surface area contributed by atoms with Crippen molar-refractivity contribution >= 4 is 40.5 Å². The highest BCUT2D eigenvalue weighted by Crippen LogP contribution is 2.27. The number of aromatic amines is 1. The third-order valence-electron chi connectivity index (χ3n) is 5.73. The Labute approximate surface area is 217 Å². The second kappa shape index (κ2) is 11.0. The van der Waals surface area contributed by atoms with Crippen LogP contribution in [0, 0.1) is 0 Å². The standard InChI is InChI=1S/C21H21ClFN9O6/c1-37-12(6-13(23)32-9-25-14-15(24)26-20(22)27-17(14)32)8-38-21(18(33)34,19(35)36)7-10-2-4-11(5-3-10)16-28-30-31-29-16/h2-5,9,12-13H,6-8H2,1H3,(H,33,34)(H,35,36)(H2,24,26,27)(H,28,29,30,31). The van der Waals surface area contributed by atoms with E-state index in [2.05, 4.69) is 35.6 Å². The summed E-state index contributed by atoms with van der Waals surface area (Å²) in [6.07, 6.45) is -2.56. The Morgan fingerprint density at radius 2 is 1.95 bits per heavy atom. The number of carbonyl (C=O) groups is 2. The van der Waals surface area contributed by atoms with Gasteiger partial charge in [0, 0.05) is 25.5 Å². The van der Waals surface area contributed by atoms with Gasteiger partial charge in [0.1, 0.15) is 5.52 Å². The summed E-state index contributed by atoms with van der Waals surface area (Å²) in [5, 5.41) is 32.9. The largest absolute Gasteiger partial charge is 0.479 e. The first-order valence-electron chi connectivity index (χ1n) is 10.9. The quantitative estimate of drug-likeness (QED) is 0.145. The van der Waals surface area contributed by atoms with Crippen LogP contribution in [-0.2, 0) is 25.5 Å². The minimum atomic E-state index is -2.67. The van der Waals surface area contributed by atoms with Gasteiger partial charge < -0.3 is 25.4 Å². The zero-order valence-electron chi connectivity index (χ0n) is 19.7. The molecule has 0 aliphatic carbocycles. The molecule has 0 aliphatic rings. The van der Waals surface area contributed by atoms with Gasteiger partial charge in [-0.2, -0.15) is 15.2 Å². The molecule has 3 aromatic heterocycles. The number of alkyl halides is 1. The Morgan fingerprint density at radius 1 is 1.24 bits per heavy atom. The van der Waals surface area contributed by atoms with Crippen LogP contribution in [0.1, 0.15) is 18.3 Å². The lowest BCUT2D eigenvalue weighted by molar-refractivity contribution is -0.188. The van der Waals surface area contributed by atoms with Gasteiger partial charge in [-0.25, -0.2) is 19.0 Å². The van der Waals surface area contributed by atoms with Crippen molar-refractivity contribution in [1.82, 2.24) is 40.1 Å². The van der Waals surface area contributed by atoms with Gasteiger partial charge in [0.25, 0.3) is 5.60 Å². The molecule has 0 fully saturated rings. The van der Waals surface area contributed by atoms with Gasteiger partial charge in [0.05, 0.1) is 19.0 Å². The molecule has 1 aromatic carbocycles. The van der Waals surface area contributed by atoms with Gasteiger partial charge in [-0.15, -0.1) is 10.2 Å². The molecule has 0 aliphatic heterocycles. The number of nitrogens with zero attached hydrogens (tertiary/aromatic N) is 7. The number of ether oxygens (including phenoxy) is 2. The van der Waals surface area contributed by atoms with Crippen LogP contribution in [0.2, 0.25) is 5.28 Å². The number of imidazole rings is 1. The van der Waals surface area contributed by atoms with Crippen LogP contribution >= 0.6 is 11.6 Å². The molecule has 0 saturated heterocycles. The molecule has 0 saturated carbocycles. The van der Waals surface area contributed by atoms with E-state index in [9.17, 15) is 19.8 Å². The SMILES string of the molecule is COC(COC(Cc1ccc(-c2nn[nH]n2)cc1)(C(=O)O)C(=O)O)CC(F)n1cnc2c(N)nc(Cl)nc21. The van der Waals surface area contributed by atoms with E-state index in [0.717, 1.165) is 10.9 Å². The molecular formula is C21H21ClFN9O6. The Bertz CT molecular complexity index is 1420. The maximum atomic E-state index is 15.2. The zero-order valence-corrected chi connectivity index (χ0v) is 20.4. The number of fused-ring (bicyclic) bond motifs is 1. The second-order valence-electron chi connectivity index (χ2n) is 8.09. The predicted molar refractivity (Wildman–Crippen MR) is 128 cm³/mol. The normalized spacial score (nSPS) is 13.4.